The first-order chi connectivity index (χ1) is 4.06. The van der Waals surface area contributed by atoms with Crippen LogP contribution >= 0.6 is 0 Å². The number of carbonyl (C=O) groups is 1. The first-order valence-electron chi connectivity index (χ1n) is 2.76. The fraction of sp³-hybridized carbons (Fsp3) is 0.571. The van der Waals surface area contributed by atoms with Crippen LogP contribution in [-0.4, -0.2) is 5.97 Å². The molecule has 0 aromatic carbocycles. The molecular weight excluding hydrogens is 116 g/mol. The van der Waals surface area contributed by atoms with Crippen molar-refractivity contribution in [1.82, 2.24) is 0 Å². The summed E-state index contributed by atoms with van der Waals surface area (Å²) in [5.74, 6) is 0.992. The van der Waals surface area contributed by atoms with Crippen molar-refractivity contribution in [2.45, 2.75) is 20.3 Å². The lowest BCUT2D eigenvalue weighted by atomic mass is 9.89. The van der Waals surface area contributed by atoms with Gasteiger partial charge in [-0.3, -0.25) is 0 Å². The van der Waals surface area contributed by atoms with E-state index < -0.39 is 11.4 Å². The molecule has 0 aliphatic rings. The lowest BCUT2D eigenvalue weighted by Crippen LogP contribution is -2.23. The fourth-order valence-electron chi connectivity index (χ4n) is 0.305. The third kappa shape index (κ3) is 1.46. The molecule has 0 fully saturated rings. The van der Waals surface area contributed by atoms with E-state index in [-0.39, 0.29) is 0 Å². The highest BCUT2D eigenvalue weighted by Crippen LogP contribution is 2.19. The van der Waals surface area contributed by atoms with Crippen molar-refractivity contribution in [3.05, 3.63) is 0 Å². The topological polar surface area (TPSA) is 37.0 Å². The van der Waals surface area contributed by atoms with Gasteiger partial charge in [0.2, 0.25) is 0 Å². The molecule has 9 heavy (non-hydrogen) atoms. The van der Waals surface area contributed by atoms with Gasteiger partial charge in [-0.1, -0.05) is 12.8 Å². The molecule has 0 heterocycles. The summed E-state index contributed by atoms with van der Waals surface area (Å²) >= 11 is 0. The van der Waals surface area contributed by atoms with Gasteiger partial charge in [0.15, 0.2) is 0 Å². The highest BCUT2D eigenvalue weighted by atomic mass is 16.4. The quantitative estimate of drug-likeness (QED) is 0.507. The standard InChI is InChI=1S/C7H9O2/c1-4-7(3,5-2)6(8)9/h1H,5H2,2-3H3. The van der Waals surface area contributed by atoms with Gasteiger partial charge in [-0.05, 0) is 13.3 Å². The predicted octanol–water partition coefficient (Wildman–Crippen LogP) is 0.993. The SMILES string of the molecule is C#CC(C)(CC)C([O])=O. The molecule has 0 N–H and O–H groups in total. The zero-order valence-corrected chi connectivity index (χ0v) is 5.60. The van der Waals surface area contributed by atoms with E-state index in [1.807, 2.05) is 0 Å². The van der Waals surface area contributed by atoms with Gasteiger partial charge < -0.3 is 0 Å². The van der Waals surface area contributed by atoms with Crippen molar-refractivity contribution in [1.29, 1.82) is 0 Å². The summed E-state index contributed by atoms with van der Waals surface area (Å²) in [4.78, 5) is 10.2. The van der Waals surface area contributed by atoms with E-state index >= 15 is 0 Å². The van der Waals surface area contributed by atoms with Crippen LogP contribution in [0, 0.1) is 17.8 Å². The molecule has 49 valence electrons. The normalized spacial score (nSPS) is 15.7. The van der Waals surface area contributed by atoms with E-state index in [0.29, 0.717) is 6.42 Å². The van der Waals surface area contributed by atoms with Crippen molar-refractivity contribution in [3.63, 3.8) is 0 Å². The second kappa shape index (κ2) is 2.54. The number of terminal acetylenes is 1. The summed E-state index contributed by atoms with van der Waals surface area (Å²) in [6, 6.07) is 0. The van der Waals surface area contributed by atoms with Gasteiger partial charge in [-0.2, -0.15) is 0 Å². The van der Waals surface area contributed by atoms with E-state index in [1.54, 1.807) is 6.92 Å². The van der Waals surface area contributed by atoms with E-state index in [9.17, 15) is 9.90 Å². The van der Waals surface area contributed by atoms with Crippen LogP contribution in [0.5, 0.6) is 0 Å². The van der Waals surface area contributed by atoms with Crippen LogP contribution < -0.4 is 0 Å². The van der Waals surface area contributed by atoms with Crippen LogP contribution in [0.15, 0.2) is 0 Å². The average molecular weight is 125 g/mol. The van der Waals surface area contributed by atoms with Crippen LogP contribution in [0.4, 0.5) is 0 Å². The van der Waals surface area contributed by atoms with Crippen molar-refractivity contribution in [3.8, 4) is 12.3 Å². The zero-order valence-electron chi connectivity index (χ0n) is 5.60. The zero-order chi connectivity index (χ0) is 7.49. The molecule has 0 aromatic rings. The Labute approximate surface area is 54.9 Å². The smallest absolute Gasteiger partial charge is 0.246 e. The number of rotatable bonds is 2. The lowest BCUT2D eigenvalue weighted by Gasteiger charge is -2.11. The predicted molar refractivity (Wildman–Crippen MR) is 32.9 cm³/mol. The molecule has 0 aromatic heterocycles. The van der Waals surface area contributed by atoms with Crippen LogP contribution in [0.1, 0.15) is 20.3 Å². The van der Waals surface area contributed by atoms with Gasteiger partial charge in [-0.25, -0.2) is 9.90 Å². The summed E-state index contributed by atoms with van der Waals surface area (Å²) in [5, 5.41) is 10.2. The first-order valence-corrected chi connectivity index (χ1v) is 2.76. The summed E-state index contributed by atoms with van der Waals surface area (Å²) < 4.78 is 0. The highest BCUT2D eigenvalue weighted by Gasteiger charge is 2.29. The Kier molecular flexibility index (Phi) is 2.27. The second-order valence-electron chi connectivity index (χ2n) is 2.12. The molecule has 1 unspecified atom stereocenters. The van der Waals surface area contributed by atoms with Gasteiger partial charge in [0.1, 0.15) is 5.41 Å². The second-order valence-corrected chi connectivity index (χ2v) is 2.12. The molecule has 2 nitrogen and oxygen atoms in total. The molecule has 1 radical (unpaired) electrons. The molecule has 0 saturated heterocycles. The lowest BCUT2D eigenvalue weighted by molar-refractivity contribution is -0.151. The molecule has 0 aliphatic heterocycles. The largest absolute Gasteiger partial charge is 0.373 e. The molecule has 0 aliphatic carbocycles. The summed E-state index contributed by atoms with van der Waals surface area (Å²) in [6.07, 6.45) is 5.36. The minimum atomic E-state index is -1.17. The Morgan fingerprint density at radius 3 is 2.22 bits per heavy atom. The van der Waals surface area contributed by atoms with Crippen molar-refractivity contribution in [2.75, 3.05) is 0 Å². The van der Waals surface area contributed by atoms with Crippen LogP contribution in [-0.2, 0) is 9.90 Å². The maximum atomic E-state index is 10.2. The first kappa shape index (κ1) is 8.03. The fourth-order valence-corrected chi connectivity index (χ4v) is 0.305. The number of carbonyl (C=O) groups excluding carboxylic acids is 1. The maximum absolute atomic E-state index is 10.2. The average Bonchev–Trinajstić information content (AvgIpc) is 1.86. The van der Waals surface area contributed by atoms with Crippen molar-refractivity contribution < 1.29 is 9.90 Å². The Bertz CT molecular complexity index is 155. The van der Waals surface area contributed by atoms with Gasteiger partial charge in [0.05, 0.1) is 0 Å². The highest BCUT2D eigenvalue weighted by molar-refractivity contribution is 5.77. The van der Waals surface area contributed by atoms with E-state index in [4.69, 9.17) is 6.42 Å². The van der Waals surface area contributed by atoms with Crippen molar-refractivity contribution >= 4 is 5.97 Å². The molecule has 0 amide bonds. The van der Waals surface area contributed by atoms with E-state index in [2.05, 4.69) is 5.92 Å². The molecule has 0 saturated carbocycles. The van der Waals surface area contributed by atoms with E-state index in [1.165, 1.54) is 6.92 Å². The molecule has 2 heteroatoms. The molecule has 0 rings (SSSR count). The Hall–Kier alpha value is -0.970. The summed E-state index contributed by atoms with van der Waals surface area (Å²) in [6.45, 7) is 3.19. The monoisotopic (exact) mass is 125 g/mol. The van der Waals surface area contributed by atoms with Crippen molar-refractivity contribution in [2.24, 2.45) is 5.41 Å². The molecule has 0 bridgehead atoms. The molecular formula is C7H9O2. The van der Waals surface area contributed by atoms with Gasteiger partial charge in [-0.15, -0.1) is 6.42 Å². The third-order valence-electron chi connectivity index (χ3n) is 1.48. The third-order valence-corrected chi connectivity index (χ3v) is 1.48. The Morgan fingerprint density at radius 1 is 1.78 bits per heavy atom. The minimum absolute atomic E-state index is 0.409. The Morgan fingerprint density at radius 2 is 2.22 bits per heavy atom. The van der Waals surface area contributed by atoms with Crippen LogP contribution in [0.3, 0.4) is 0 Å². The van der Waals surface area contributed by atoms with Gasteiger partial charge >= 0.3 is 5.97 Å². The number of hydrogen-bond donors (Lipinski definition) is 0. The molecule has 1 atom stereocenters. The Balaban J connectivity index is 4.33. The van der Waals surface area contributed by atoms with Crippen LogP contribution in [0.2, 0.25) is 0 Å². The minimum Gasteiger partial charge on any atom is -0.246 e. The maximum Gasteiger partial charge on any atom is 0.373 e. The van der Waals surface area contributed by atoms with E-state index in [0.717, 1.165) is 0 Å². The van der Waals surface area contributed by atoms with Crippen LogP contribution in [0.25, 0.3) is 0 Å². The number of hydrogen-bond acceptors (Lipinski definition) is 1. The summed E-state index contributed by atoms with van der Waals surface area (Å²) in [5.41, 5.74) is -1.08. The van der Waals surface area contributed by atoms with Gasteiger partial charge in [0.25, 0.3) is 0 Å². The molecule has 0 spiro atoms. The van der Waals surface area contributed by atoms with Gasteiger partial charge in [0, 0.05) is 0 Å². The summed E-state index contributed by atoms with van der Waals surface area (Å²) in [7, 11) is 0.